The standard InChI is InChI=1S/C25H29N3O3.C2H3N/c1-3-30-23-13-20(11-10-18(23)2)28-16-25(31-24(28)29)12-6-7-19(14-25)15-27-17-26-21-8-4-5-9-22(21)27;1-2-3/h4-5,8-11,13,17,19H,3,6-7,12,14-16H2,1-2H3;1H3/t19?,25-;/m0./s1. The lowest BCUT2D eigenvalue weighted by Gasteiger charge is -2.36. The number of aryl methyl sites for hydroxylation is 1. The Morgan fingerprint density at radius 3 is 2.88 bits per heavy atom. The first-order valence-electron chi connectivity index (χ1n) is 11.9. The first kappa shape index (κ1) is 23.6. The van der Waals surface area contributed by atoms with Crippen LogP contribution in [0, 0.1) is 24.2 Å². The second-order valence-corrected chi connectivity index (χ2v) is 9.09. The SMILES string of the molecule is CC#N.CCOc1cc(N2C[C@@]3(CCCC(Cn4cnc5ccccc54)C3)OC2=O)ccc1C. The number of benzene rings is 2. The summed E-state index contributed by atoms with van der Waals surface area (Å²) in [5.41, 5.74) is 3.69. The highest BCUT2D eigenvalue weighted by atomic mass is 16.6. The summed E-state index contributed by atoms with van der Waals surface area (Å²) in [5, 5.41) is 7.32. The molecule has 1 aliphatic carbocycles. The second kappa shape index (κ2) is 10.2. The van der Waals surface area contributed by atoms with Crippen LogP contribution in [0.2, 0.25) is 0 Å². The summed E-state index contributed by atoms with van der Waals surface area (Å²) in [7, 11) is 0. The van der Waals surface area contributed by atoms with Gasteiger partial charge in [-0.2, -0.15) is 5.26 Å². The normalized spacial score (nSPS) is 21.6. The van der Waals surface area contributed by atoms with Gasteiger partial charge in [-0.15, -0.1) is 0 Å². The number of rotatable bonds is 5. The highest BCUT2D eigenvalue weighted by Crippen LogP contribution is 2.42. The summed E-state index contributed by atoms with van der Waals surface area (Å²) < 4.78 is 14.0. The third-order valence-electron chi connectivity index (χ3n) is 6.64. The maximum Gasteiger partial charge on any atom is 0.415 e. The lowest BCUT2D eigenvalue weighted by molar-refractivity contribution is 0.00439. The van der Waals surface area contributed by atoms with Crippen molar-refractivity contribution in [1.29, 1.82) is 5.26 Å². The zero-order chi connectivity index (χ0) is 24.1. The molecule has 2 aliphatic rings. The van der Waals surface area contributed by atoms with Gasteiger partial charge in [0.25, 0.3) is 0 Å². The molecule has 178 valence electrons. The van der Waals surface area contributed by atoms with Gasteiger partial charge in [0.2, 0.25) is 0 Å². The van der Waals surface area contributed by atoms with Crippen LogP contribution in [-0.4, -0.2) is 34.4 Å². The van der Waals surface area contributed by atoms with E-state index in [-0.39, 0.29) is 6.09 Å². The van der Waals surface area contributed by atoms with Crippen LogP contribution in [0.5, 0.6) is 5.75 Å². The van der Waals surface area contributed by atoms with Gasteiger partial charge in [-0.25, -0.2) is 9.78 Å². The quantitative estimate of drug-likeness (QED) is 0.476. The molecule has 7 nitrogen and oxygen atoms in total. The summed E-state index contributed by atoms with van der Waals surface area (Å²) in [6.07, 6.45) is 5.69. The van der Waals surface area contributed by atoms with Crippen molar-refractivity contribution in [2.75, 3.05) is 18.1 Å². The third kappa shape index (κ3) is 4.86. The van der Waals surface area contributed by atoms with Crippen LogP contribution >= 0.6 is 0 Å². The van der Waals surface area contributed by atoms with Crippen molar-refractivity contribution in [2.24, 2.45) is 5.92 Å². The third-order valence-corrected chi connectivity index (χ3v) is 6.64. The van der Waals surface area contributed by atoms with E-state index in [4.69, 9.17) is 14.7 Å². The van der Waals surface area contributed by atoms with Crippen LogP contribution in [0.25, 0.3) is 11.0 Å². The Morgan fingerprint density at radius 1 is 1.29 bits per heavy atom. The zero-order valence-corrected chi connectivity index (χ0v) is 20.2. The number of amides is 1. The Balaban J connectivity index is 0.000000868. The van der Waals surface area contributed by atoms with Gasteiger partial charge in [0.05, 0.1) is 42.3 Å². The average Bonchev–Trinajstić information content (AvgIpc) is 3.37. The van der Waals surface area contributed by atoms with Gasteiger partial charge in [-0.3, -0.25) is 4.90 Å². The highest BCUT2D eigenvalue weighted by molar-refractivity contribution is 5.90. The Labute approximate surface area is 200 Å². The summed E-state index contributed by atoms with van der Waals surface area (Å²) >= 11 is 0. The van der Waals surface area contributed by atoms with E-state index >= 15 is 0 Å². The van der Waals surface area contributed by atoms with Crippen molar-refractivity contribution in [3.05, 3.63) is 54.4 Å². The Bertz CT molecular complexity index is 1200. The van der Waals surface area contributed by atoms with E-state index in [1.807, 2.05) is 50.5 Å². The molecular formula is C27H32N4O3. The average molecular weight is 461 g/mol. The molecule has 1 amide bonds. The molecule has 2 atom stereocenters. The van der Waals surface area contributed by atoms with Crippen molar-refractivity contribution in [3.63, 3.8) is 0 Å². The van der Waals surface area contributed by atoms with Crippen molar-refractivity contribution >= 4 is 22.8 Å². The zero-order valence-electron chi connectivity index (χ0n) is 20.2. The first-order chi connectivity index (χ1) is 16.5. The number of fused-ring (bicyclic) bond motifs is 1. The van der Waals surface area contributed by atoms with Crippen molar-refractivity contribution in [2.45, 2.75) is 58.6 Å². The van der Waals surface area contributed by atoms with Crippen LogP contribution in [-0.2, 0) is 11.3 Å². The largest absolute Gasteiger partial charge is 0.494 e. The van der Waals surface area contributed by atoms with Gasteiger partial charge in [-0.05, 0) is 69.2 Å². The number of nitrogens with zero attached hydrogens (tertiary/aromatic N) is 4. The minimum atomic E-state index is -0.410. The van der Waals surface area contributed by atoms with E-state index in [0.29, 0.717) is 19.1 Å². The number of hydrogen-bond donors (Lipinski definition) is 0. The van der Waals surface area contributed by atoms with Crippen LogP contribution in [0.15, 0.2) is 48.8 Å². The number of imidazole rings is 1. The molecular weight excluding hydrogens is 428 g/mol. The molecule has 2 heterocycles. The summed E-state index contributed by atoms with van der Waals surface area (Å²) in [4.78, 5) is 19.1. The number of aromatic nitrogens is 2. The fraction of sp³-hybridized carbons (Fsp3) is 0.444. The fourth-order valence-electron chi connectivity index (χ4n) is 5.16. The van der Waals surface area contributed by atoms with Gasteiger partial charge >= 0.3 is 6.09 Å². The van der Waals surface area contributed by atoms with Gasteiger partial charge in [0.15, 0.2) is 0 Å². The number of ether oxygens (including phenoxy) is 2. The molecule has 1 unspecified atom stereocenters. The van der Waals surface area contributed by atoms with Crippen molar-refractivity contribution in [1.82, 2.24) is 9.55 Å². The number of hydrogen-bond acceptors (Lipinski definition) is 5. The van der Waals surface area contributed by atoms with E-state index < -0.39 is 5.60 Å². The minimum absolute atomic E-state index is 0.250. The fourth-order valence-corrected chi connectivity index (χ4v) is 5.16. The molecule has 0 N–H and O–H groups in total. The Hall–Kier alpha value is -3.53. The number of carbonyl (C=O) groups excluding carboxylic acids is 1. The van der Waals surface area contributed by atoms with Crippen molar-refractivity contribution < 1.29 is 14.3 Å². The van der Waals surface area contributed by atoms with Crippen LogP contribution in [0.4, 0.5) is 10.5 Å². The highest BCUT2D eigenvalue weighted by Gasteiger charge is 2.48. The molecule has 1 saturated heterocycles. The van der Waals surface area contributed by atoms with Crippen LogP contribution in [0.3, 0.4) is 0 Å². The molecule has 1 aliphatic heterocycles. The van der Waals surface area contributed by atoms with Gasteiger partial charge < -0.3 is 14.0 Å². The van der Waals surface area contributed by atoms with E-state index in [2.05, 4.69) is 21.7 Å². The lowest BCUT2D eigenvalue weighted by atomic mass is 9.78. The van der Waals surface area contributed by atoms with Gasteiger partial charge in [0.1, 0.15) is 11.4 Å². The van der Waals surface area contributed by atoms with E-state index in [1.54, 1.807) is 11.0 Å². The molecule has 2 aromatic carbocycles. The molecule has 1 aromatic heterocycles. The van der Waals surface area contributed by atoms with Gasteiger partial charge in [-0.1, -0.05) is 18.2 Å². The number of nitriles is 1. The van der Waals surface area contributed by atoms with Crippen LogP contribution < -0.4 is 9.64 Å². The Morgan fingerprint density at radius 2 is 2.09 bits per heavy atom. The number of para-hydroxylation sites is 2. The Kier molecular flexibility index (Phi) is 7.06. The topological polar surface area (TPSA) is 80.4 Å². The molecule has 0 radical (unpaired) electrons. The maximum atomic E-state index is 12.8. The smallest absolute Gasteiger partial charge is 0.415 e. The van der Waals surface area contributed by atoms with Crippen LogP contribution in [0.1, 0.15) is 45.1 Å². The van der Waals surface area contributed by atoms with Crippen molar-refractivity contribution in [3.8, 4) is 11.8 Å². The van der Waals surface area contributed by atoms with E-state index in [9.17, 15) is 4.79 Å². The number of anilines is 1. The summed E-state index contributed by atoms with van der Waals surface area (Å²) in [6.45, 7) is 7.52. The monoisotopic (exact) mass is 460 g/mol. The first-order valence-corrected chi connectivity index (χ1v) is 11.9. The molecule has 0 bridgehead atoms. The molecule has 5 rings (SSSR count). The molecule has 3 aromatic rings. The molecule has 1 saturated carbocycles. The van der Waals surface area contributed by atoms with E-state index in [0.717, 1.165) is 60.3 Å². The van der Waals surface area contributed by atoms with E-state index in [1.165, 1.54) is 6.92 Å². The van der Waals surface area contributed by atoms with Gasteiger partial charge in [0, 0.05) is 19.5 Å². The predicted molar refractivity (Wildman–Crippen MR) is 132 cm³/mol. The molecule has 2 fully saturated rings. The second-order valence-electron chi connectivity index (χ2n) is 9.09. The molecule has 34 heavy (non-hydrogen) atoms. The predicted octanol–water partition coefficient (Wildman–Crippen LogP) is 5.86. The molecule has 1 spiro atoms. The summed E-state index contributed by atoms with van der Waals surface area (Å²) in [6, 6.07) is 15.9. The minimum Gasteiger partial charge on any atom is -0.494 e. The maximum absolute atomic E-state index is 12.8. The molecule has 7 heteroatoms. The lowest BCUT2D eigenvalue weighted by Crippen LogP contribution is -2.40. The summed E-state index contributed by atoms with van der Waals surface area (Å²) in [5.74, 6) is 1.28. The number of carbonyl (C=O) groups is 1.